The van der Waals surface area contributed by atoms with E-state index < -0.39 is 29.2 Å². The van der Waals surface area contributed by atoms with Gasteiger partial charge in [0.1, 0.15) is 11.3 Å². The maximum absolute atomic E-state index is 15.3. The third-order valence-electron chi connectivity index (χ3n) is 7.44. The number of benzene rings is 2. The Morgan fingerprint density at radius 1 is 1.11 bits per heavy atom. The SMILES string of the molecule is O=C1NC(=O)[C@](CN2Cc3ccc(OCC4CC4)c(F)c3C2=O)(c2cc3cc4c(cc3o2)C(=O)NC4)N1. The summed E-state index contributed by atoms with van der Waals surface area (Å²) in [6.07, 6.45) is 2.10. The van der Waals surface area contributed by atoms with Crippen LogP contribution < -0.4 is 20.7 Å². The number of furan rings is 1. The van der Waals surface area contributed by atoms with Gasteiger partial charge >= 0.3 is 6.03 Å². The van der Waals surface area contributed by atoms with E-state index >= 15 is 4.39 Å². The minimum atomic E-state index is -1.73. The molecule has 3 aromatic rings. The minimum absolute atomic E-state index is 0.0249. The van der Waals surface area contributed by atoms with Crippen molar-refractivity contribution in [3.8, 4) is 5.75 Å². The first-order valence-corrected chi connectivity index (χ1v) is 12.0. The zero-order valence-electron chi connectivity index (χ0n) is 19.5. The lowest BCUT2D eigenvalue weighted by Crippen LogP contribution is -2.52. The van der Waals surface area contributed by atoms with Crippen LogP contribution in [0.4, 0.5) is 9.18 Å². The van der Waals surface area contributed by atoms with Gasteiger partial charge in [0.05, 0.1) is 18.7 Å². The van der Waals surface area contributed by atoms with E-state index in [-0.39, 0.29) is 36.1 Å². The maximum Gasteiger partial charge on any atom is 0.322 e. The fraction of sp³-hybridized carbons (Fsp3) is 0.308. The smallest absolute Gasteiger partial charge is 0.322 e. The molecule has 7 rings (SSSR count). The molecule has 3 N–H and O–H groups in total. The Kier molecular flexibility index (Phi) is 4.45. The summed E-state index contributed by atoms with van der Waals surface area (Å²) in [5.74, 6) is -1.70. The summed E-state index contributed by atoms with van der Waals surface area (Å²) in [7, 11) is 0. The lowest BCUT2D eigenvalue weighted by atomic mass is 9.95. The Bertz CT molecular complexity index is 1560. The van der Waals surface area contributed by atoms with Crippen LogP contribution in [0, 0.1) is 11.7 Å². The van der Waals surface area contributed by atoms with Crippen LogP contribution in [-0.4, -0.2) is 41.8 Å². The number of carbonyl (C=O) groups excluding carboxylic acids is 4. The van der Waals surface area contributed by atoms with Gasteiger partial charge in [0.25, 0.3) is 17.7 Å². The molecular formula is C26H21FN4O6. The molecule has 3 aliphatic heterocycles. The van der Waals surface area contributed by atoms with E-state index in [1.807, 2.05) is 0 Å². The molecule has 2 aromatic carbocycles. The number of ether oxygens (including phenoxy) is 1. The fourth-order valence-electron chi connectivity index (χ4n) is 5.24. The topological polar surface area (TPSA) is 130 Å². The van der Waals surface area contributed by atoms with E-state index in [4.69, 9.17) is 9.15 Å². The van der Waals surface area contributed by atoms with Crippen LogP contribution in [-0.2, 0) is 23.4 Å². The van der Waals surface area contributed by atoms with Gasteiger partial charge < -0.3 is 24.7 Å². The van der Waals surface area contributed by atoms with Gasteiger partial charge in [0.15, 0.2) is 17.1 Å². The summed E-state index contributed by atoms with van der Waals surface area (Å²) in [6.45, 7) is 0.551. The van der Waals surface area contributed by atoms with Gasteiger partial charge in [-0.3, -0.25) is 19.7 Å². The van der Waals surface area contributed by atoms with Gasteiger partial charge in [-0.1, -0.05) is 6.07 Å². The van der Waals surface area contributed by atoms with E-state index in [0.717, 1.165) is 18.4 Å². The fourth-order valence-corrected chi connectivity index (χ4v) is 5.24. The van der Waals surface area contributed by atoms with E-state index in [1.54, 1.807) is 24.3 Å². The van der Waals surface area contributed by atoms with Crippen molar-refractivity contribution in [3.63, 3.8) is 0 Å². The number of amides is 5. The number of imide groups is 1. The molecule has 0 radical (unpaired) electrons. The number of carbonyl (C=O) groups is 4. The number of hydrogen-bond acceptors (Lipinski definition) is 6. The molecule has 188 valence electrons. The molecule has 1 saturated heterocycles. The number of hydrogen-bond donors (Lipinski definition) is 3. The summed E-state index contributed by atoms with van der Waals surface area (Å²) in [5.41, 5.74) is 0.261. The summed E-state index contributed by atoms with van der Waals surface area (Å²) in [4.78, 5) is 52.1. The highest BCUT2D eigenvalue weighted by Crippen LogP contribution is 2.38. The van der Waals surface area contributed by atoms with Crippen LogP contribution in [0.15, 0.2) is 34.7 Å². The van der Waals surface area contributed by atoms with Crippen LogP contribution >= 0.6 is 0 Å². The number of fused-ring (bicyclic) bond motifs is 3. The second kappa shape index (κ2) is 7.55. The van der Waals surface area contributed by atoms with Crippen molar-refractivity contribution in [2.24, 2.45) is 5.92 Å². The van der Waals surface area contributed by atoms with Crippen molar-refractivity contribution in [3.05, 3.63) is 64.2 Å². The molecule has 37 heavy (non-hydrogen) atoms. The average Bonchev–Trinajstić information content (AvgIpc) is 3.21. The summed E-state index contributed by atoms with van der Waals surface area (Å²) >= 11 is 0. The largest absolute Gasteiger partial charge is 0.490 e. The van der Waals surface area contributed by atoms with Gasteiger partial charge in [-0.05, 0) is 54.2 Å². The zero-order valence-corrected chi connectivity index (χ0v) is 19.5. The first-order valence-electron chi connectivity index (χ1n) is 12.0. The second-order valence-corrected chi connectivity index (χ2v) is 9.98. The number of nitrogens with one attached hydrogen (secondary N) is 3. The Labute approximate surface area is 209 Å². The van der Waals surface area contributed by atoms with Crippen molar-refractivity contribution in [2.45, 2.75) is 31.5 Å². The standard InChI is InChI=1S/C26H21FN4O6/c27-21-17(36-10-12-1-2-12)4-3-13-9-31(23(33)20(13)21)11-26(24(34)29-25(35)30-26)19-6-14-5-15-8-28-22(32)16(15)7-18(14)37-19/h3-7,12H,1-2,8-11H2,(H,28,32)(H2,29,30,34,35)/t26-/m0/s1. The van der Waals surface area contributed by atoms with Crippen LogP contribution in [0.3, 0.4) is 0 Å². The highest BCUT2D eigenvalue weighted by Gasteiger charge is 2.53. The van der Waals surface area contributed by atoms with Crippen molar-refractivity contribution in [2.75, 3.05) is 13.2 Å². The van der Waals surface area contributed by atoms with E-state index in [1.165, 1.54) is 11.0 Å². The van der Waals surface area contributed by atoms with Crippen molar-refractivity contribution in [1.82, 2.24) is 20.9 Å². The first-order chi connectivity index (χ1) is 17.8. The van der Waals surface area contributed by atoms with Gasteiger partial charge in [-0.25, -0.2) is 9.18 Å². The van der Waals surface area contributed by atoms with Gasteiger partial charge in [-0.15, -0.1) is 0 Å². The molecule has 11 heteroatoms. The zero-order chi connectivity index (χ0) is 25.5. The molecule has 1 aromatic heterocycles. The van der Waals surface area contributed by atoms with Gasteiger partial charge in [-0.2, -0.15) is 0 Å². The number of rotatable bonds is 6. The molecule has 4 aliphatic rings. The Morgan fingerprint density at radius 3 is 2.70 bits per heavy atom. The Hall–Kier alpha value is -4.41. The van der Waals surface area contributed by atoms with E-state index in [0.29, 0.717) is 41.2 Å². The minimum Gasteiger partial charge on any atom is -0.490 e. The molecule has 5 amide bonds. The predicted molar refractivity (Wildman–Crippen MR) is 125 cm³/mol. The third kappa shape index (κ3) is 3.30. The van der Waals surface area contributed by atoms with Crippen LogP contribution in [0.5, 0.6) is 5.75 Å². The van der Waals surface area contributed by atoms with Crippen LogP contribution in [0.25, 0.3) is 11.0 Å². The van der Waals surface area contributed by atoms with Crippen molar-refractivity contribution < 1.29 is 32.7 Å². The highest BCUT2D eigenvalue weighted by molar-refractivity contribution is 6.09. The summed E-state index contributed by atoms with van der Waals surface area (Å²) in [5, 5.41) is 8.21. The molecule has 1 saturated carbocycles. The Balaban J connectivity index is 1.23. The van der Waals surface area contributed by atoms with Crippen LogP contribution in [0.2, 0.25) is 0 Å². The maximum atomic E-state index is 15.3. The van der Waals surface area contributed by atoms with E-state index in [2.05, 4.69) is 16.0 Å². The highest BCUT2D eigenvalue weighted by atomic mass is 19.1. The monoisotopic (exact) mass is 504 g/mol. The molecule has 4 heterocycles. The quantitative estimate of drug-likeness (QED) is 0.442. The Morgan fingerprint density at radius 2 is 1.95 bits per heavy atom. The average molecular weight is 504 g/mol. The van der Waals surface area contributed by atoms with Crippen molar-refractivity contribution >= 4 is 34.7 Å². The molecule has 0 spiro atoms. The molecule has 0 bridgehead atoms. The van der Waals surface area contributed by atoms with Gasteiger partial charge in [0, 0.05) is 24.0 Å². The predicted octanol–water partition coefficient (Wildman–Crippen LogP) is 2.29. The van der Waals surface area contributed by atoms with Crippen molar-refractivity contribution in [1.29, 1.82) is 0 Å². The summed E-state index contributed by atoms with van der Waals surface area (Å²) < 4.78 is 26.8. The normalized spacial score (nSPS) is 22.2. The molecule has 10 nitrogen and oxygen atoms in total. The molecule has 1 atom stereocenters. The molecular weight excluding hydrogens is 483 g/mol. The first kappa shape index (κ1) is 21.8. The van der Waals surface area contributed by atoms with Gasteiger partial charge in [0.2, 0.25) is 0 Å². The second-order valence-electron chi connectivity index (χ2n) is 9.98. The van der Waals surface area contributed by atoms with Crippen LogP contribution in [0.1, 0.15) is 50.4 Å². The van der Waals surface area contributed by atoms with E-state index in [9.17, 15) is 19.2 Å². The lowest BCUT2D eigenvalue weighted by Gasteiger charge is -2.29. The molecule has 0 unspecified atom stereocenters. The molecule has 2 fully saturated rings. The number of urea groups is 1. The number of halogens is 1. The number of nitrogens with zero attached hydrogens (tertiary/aromatic N) is 1. The third-order valence-corrected chi connectivity index (χ3v) is 7.44. The molecule has 1 aliphatic carbocycles. The lowest BCUT2D eigenvalue weighted by molar-refractivity contribution is -0.125. The summed E-state index contributed by atoms with van der Waals surface area (Å²) in [6, 6.07) is 7.41.